The molecule has 13 nitrogen and oxygen atoms in total. The third-order valence-corrected chi connectivity index (χ3v) is 8.00. The fourth-order valence-electron chi connectivity index (χ4n) is 5.11. The summed E-state index contributed by atoms with van der Waals surface area (Å²) >= 11 is 6.35. The van der Waals surface area contributed by atoms with Gasteiger partial charge in [-0.15, -0.1) is 0 Å². The number of methoxy groups -OCH3 is 1. The summed E-state index contributed by atoms with van der Waals surface area (Å²) in [6.45, 7) is 4.17. The van der Waals surface area contributed by atoms with Gasteiger partial charge in [0.1, 0.15) is 22.8 Å². The van der Waals surface area contributed by atoms with E-state index >= 15 is 0 Å². The Hall–Kier alpha value is -4.49. The van der Waals surface area contributed by atoms with E-state index in [0.717, 1.165) is 0 Å². The summed E-state index contributed by atoms with van der Waals surface area (Å²) in [5.41, 5.74) is 8.13. The van der Waals surface area contributed by atoms with Crippen LogP contribution in [0, 0.1) is 6.92 Å². The molecular weight excluding hydrogens is 572 g/mol. The number of nitrogens with one attached hydrogen (secondary N) is 1. The molecule has 1 aromatic carbocycles. The van der Waals surface area contributed by atoms with Crippen molar-refractivity contribution in [3.63, 3.8) is 0 Å². The number of halogens is 1. The van der Waals surface area contributed by atoms with E-state index in [0.29, 0.717) is 84.3 Å². The first-order chi connectivity index (χ1) is 20.7. The van der Waals surface area contributed by atoms with Crippen LogP contribution in [0.5, 0.6) is 0 Å². The smallest absolute Gasteiger partial charge is 0.284 e. The Kier molecular flexibility index (Phi) is 8.92. The molecule has 3 aromatic heterocycles. The maximum Gasteiger partial charge on any atom is 0.284 e. The Labute approximate surface area is 254 Å². The number of aromatic nitrogens is 6. The molecule has 0 bridgehead atoms. The molecule has 0 aliphatic carbocycles. The lowest BCUT2D eigenvalue weighted by atomic mass is 10.0. The number of amides is 1. The van der Waals surface area contributed by atoms with Crippen molar-refractivity contribution in [3.8, 4) is 17.1 Å². The molecule has 0 saturated carbocycles. The molecule has 4 aromatic rings. The molecule has 226 valence electrons. The van der Waals surface area contributed by atoms with Crippen molar-refractivity contribution < 1.29 is 9.53 Å². The first-order valence-corrected chi connectivity index (χ1v) is 14.3. The number of anilines is 3. The number of nitrogens with two attached hydrogens (primary N) is 1. The largest absolute Gasteiger partial charge is 0.383 e. The summed E-state index contributed by atoms with van der Waals surface area (Å²) in [5.74, 6) is 1.16. The number of hydrogen-bond donors (Lipinski definition) is 2. The highest BCUT2D eigenvalue weighted by Gasteiger charge is 2.28. The van der Waals surface area contributed by atoms with Crippen LogP contribution in [0.2, 0.25) is 5.02 Å². The molecule has 0 radical (unpaired) electrons. The quantitative estimate of drug-likeness (QED) is 0.291. The highest BCUT2D eigenvalue weighted by molar-refractivity contribution is 6.32. The number of carbonyl (C=O) groups excluding carboxylic acids is 1. The summed E-state index contributed by atoms with van der Waals surface area (Å²) in [7, 11) is 5.31. The van der Waals surface area contributed by atoms with E-state index in [4.69, 9.17) is 32.0 Å². The summed E-state index contributed by atoms with van der Waals surface area (Å²) in [6, 6.07) is 6.91. The van der Waals surface area contributed by atoms with E-state index in [-0.39, 0.29) is 11.6 Å². The van der Waals surface area contributed by atoms with Crippen LogP contribution in [0.4, 0.5) is 17.5 Å². The normalized spacial score (nSPS) is 13.7. The lowest BCUT2D eigenvalue weighted by molar-refractivity contribution is 0.0929. The summed E-state index contributed by atoms with van der Waals surface area (Å²) in [6.07, 6.45) is 6.20. The number of ether oxygens (including phenoxy) is 1. The zero-order valence-electron chi connectivity index (χ0n) is 24.6. The Morgan fingerprint density at radius 1 is 1.16 bits per heavy atom. The Balaban J connectivity index is 1.27. The van der Waals surface area contributed by atoms with Crippen molar-refractivity contribution in [2.75, 3.05) is 55.9 Å². The number of likely N-dealkylation sites (N-methyl/N-ethyl adjacent to an activating group) is 1. The van der Waals surface area contributed by atoms with Crippen molar-refractivity contribution in [1.29, 1.82) is 0 Å². The molecule has 1 amide bonds. The number of para-hydroxylation sites is 1. The monoisotopic (exact) mass is 606 g/mol. The van der Waals surface area contributed by atoms with E-state index < -0.39 is 11.5 Å². The minimum atomic E-state index is -0.417. The molecule has 0 unspecified atom stereocenters. The standard InChI is InChI=1S/C29H35ClN10O3/c1-18-25(29(42)40(38(18)3)23-8-6-5-7-20(23)30)28(41)34-19-9-11-39(12-10-19)27-26(31)33-16-22(36-27)21-15-32-17-24(35-21)37(2)13-14-43-4/h5-8,15-17,19H,9-14H2,1-4H3,(H2,31,33)(H,34,41). The Bertz CT molecular complexity index is 1680. The number of nitrogens with zero attached hydrogens (tertiary/aromatic N) is 8. The molecule has 5 rings (SSSR count). The van der Waals surface area contributed by atoms with Gasteiger partial charge in [-0.2, -0.15) is 0 Å². The molecule has 14 heteroatoms. The lowest BCUT2D eigenvalue weighted by Crippen LogP contribution is -2.46. The molecule has 1 aliphatic heterocycles. The molecular formula is C29H35ClN10O3. The predicted octanol–water partition coefficient (Wildman–Crippen LogP) is 2.45. The van der Waals surface area contributed by atoms with Gasteiger partial charge in [0.2, 0.25) is 0 Å². The van der Waals surface area contributed by atoms with E-state index in [1.165, 1.54) is 4.68 Å². The van der Waals surface area contributed by atoms with Crippen LogP contribution < -0.4 is 26.4 Å². The van der Waals surface area contributed by atoms with Crippen LogP contribution in [0.3, 0.4) is 0 Å². The average molecular weight is 607 g/mol. The van der Waals surface area contributed by atoms with E-state index in [2.05, 4.69) is 20.2 Å². The first kappa shape index (κ1) is 30.0. The molecule has 1 saturated heterocycles. The number of rotatable bonds is 9. The van der Waals surface area contributed by atoms with Gasteiger partial charge in [0.25, 0.3) is 11.5 Å². The highest BCUT2D eigenvalue weighted by atomic mass is 35.5. The van der Waals surface area contributed by atoms with Gasteiger partial charge in [0, 0.05) is 46.9 Å². The Morgan fingerprint density at radius 3 is 2.60 bits per heavy atom. The molecule has 3 N–H and O–H groups in total. The molecule has 0 spiro atoms. The second kappa shape index (κ2) is 12.8. The number of hydrogen-bond acceptors (Lipinski definition) is 10. The SMILES string of the molecule is COCCN(C)c1cncc(-c2cnc(N)c(N3CCC(NC(=O)c4c(C)n(C)n(-c5ccccc5Cl)c4=O)CC3)n2)n1. The molecule has 1 aliphatic rings. The lowest BCUT2D eigenvalue weighted by Gasteiger charge is -2.33. The maximum absolute atomic E-state index is 13.3. The fraction of sp³-hybridized carbons (Fsp3) is 0.379. The van der Waals surface area contributed by atoms with Gasteiger partial charge in [0.15, 0.2) is 11.6 Å². The molecule has 43 heavy (non-hydrogen) atoms. The molecule has 1 fully saturated rings. The minimum absolute atomic E-state index is 0.101. The van der Waals surface area contributed by atoms with Crippen LogP contribution in [-0.2, 0) is 11.8 Å². The Morgan fingerprint density at radius 2 is 1.88 bits per heavy atom. The van der Waals surface area contributed by atoms with Crippen molar-refractivity contribution in [1.82, 2.24) is 34.6 Å². The first-order valence-electron chi connectivity index (χ1n) is 13.9. The van der Waals surface area contributed by atoms with Gasteiger partial charge < -0.3 is 25.6 Å². The van der Waals surface area contributed by atoms with E-state index in [1.807, 2.05) is 11.9 Å². The molecule has 4 heterocycles. The van der Waals surface area contributed by atoms with E-state index in [1.54, 1.807) is 68.6 Å². The van der Waals surface area contributed by atoms with Gasteiger partial charge in [-0.25, -0.2) is 19.6 Å². The molecule has 0 atom stereocenters. The number of carbonyl (C=O) groups is 1. The third-order valence-electron chi connectivity index (χ3n) is 7.68. The zero-order chi connectivity index (χ0) is 30.7. The van der Waals surface area contributed by atoms with Crippen LogP contribution in [0.25, 0.3) is 17.1 Å². The van der Waals surface area contributed by atoms with Crippen molar-refractivity contribution >= 4 is 35.0 Å². The van der Waals surface area contributed by atoms with Crippen LogP contribution in [0.15, 0.2) is 47.7 Å². The van der Waals surface area contributed by atoms with Crippen molar-refractivity contribution in [2.45, 2.75) is 25.8 Å². The summed E-state index contributed by atoms with van der Waals surface area (Å²) in [4.78, 5) is 48.9. The van der Waals surface area contributed by atoms with Gasteiger partial charge in [-0.05, 0) is 31.9 Å². The van der Waals surface area contributed by atoms with Gasteiger partial charge in [-0.1, -0.05) is 23.7 Å². The zero-order valence-corrected chi connectivity index (χ0v) is 25.4. The average Bonchev–Trinajstić information content (AvgIpc) is 3.24. The topological polar surface area (TPSA) is 149 Å². The van der Waals surface area contributed by atoms with E-state index in [9.17, 15) is 9.59 Å². The summed E-state index contributed by atoms with van der Waals surface area (Å²) < 4.78 is 8.22. The third kappa shape index (κ3) is 6.18. The second-order valence-electron chi connectivity index (χ2n) is 10.4. The number of benzene rings is 1. The maximum atomic E-state index is 13.3. The highest BCUT2D eigenvalue weighted by Crippen LogP contribution is 2.27. The van der Waals surface area contributed by atoms with Crippen LogP contribution >= 0.6 is 11.6 Å². The van der Waals surface area contributed by atoms with Gasteiger partial charge in [0.05, 0.1) is 41.6 Å². The predicted molar refractivity (Wildman–Crippen MR) is 166 cm³/mol. The van der Waals surface area contributed by atoms with Gasteiger partial charge >= 0.3 is 0 Å². The van der Waals surface area contributed by atoms with Crippen molar-refractivity contribution in [3.05, 3.63) is 69.5 Å². The van der Waals surface area contributed by atoms with Crippen molar-refractivity contribution in [2.24, 2.45) is 7.05 Å². The van der Waals surface area contributed by atoms with Crippen LogP contribution in [-0.4, -0.2) is 81.6 Å². The van der Waals surface area contributed by atoms with Crippen LogP contribution in [0.1, 0.15) is 28.9 Å². The fourth-order valence-corrected chi connectivity index (χ4v) is 5.32. The minimum Gasteiger partial charge on any atom is -0.383 e. The number of nitrogen functional groups attached to an aromatic ring is 1. The number of piperidine rings is 1. The summed E-state index contributed by atoms with van der Waals surface area (Å²) in [5, 5.41) is 3.48. The van der Waals surface area contributed by atoms with Gasteiger partial charge in [-0.3, -0.25) is 19.3 Å². The second-order valence-corrected chi connectivity index (χ2v) is 10.8.